The van der Waals surface area contributed by atoms with E-state index in [1.165, 1.54) is 0 Å². The lowest BCUT2D eigenvalue weighted by atomic mass is 9.93. The minimum Gasteiger partial charge on any atom is -0.455 e. The lowest BCUT2D eigenvalue weighted by Gasteiger charge is -2.13. The number of hydrogen-bond donors (Lipinski definition) is 3. The maximum absolute atomic E-state index is 12.7. The number of para-hydroxylation sites is 1. The number of benzene rings is 2. The number of hydrazone groups is 1. The van der Waals surface area contributed by atoms with Crippen LogP contribution in [0.25, 0.3) is 0 Å². The Balaban J connectivity index is 1.48. The molecule has 7 nitrogen and oxygen atoms in total. The Bertz CT molecular complexity index is 1130. The smallest absolute Gasteiger partial charge is 0.305 e. The van der Waals surface area contributed by atoms with E-state index in [1.807, 2.05) is 56.3 Å². The third-order valence-corrected chi connectivity index (χ3v) is 5.23. The minimum absolute atomic E-state index is 0.184. The normalized spacial score (nSPS) is 14.1. The first-order chi connectivity index (χ1) is 15.0. The van der Waals surface area contributed by atoms with Gasteiger partial charge in [0, 0.05) is 23.1 Å². The lowest BCUT2D eigenvalue weighted by molar-refractivity contribution is 0.0829. The number of fused-ring (bicyclic) bond motifs is 1. The second kappa shape index (κ2) is 8.87. The van der Waals surface area contributed by atoms with E-state index in [-0.39, 0.29) is 5.76 Å². The number of hydrazine groups is 1. The molecule has 3 aromatic rings. The number of aryl methyl sites for hydroxylation is 2. The second-order valence-electron chi connectivity index (χ2n) is 7.52. The SMILES string of the molecule is Cc1ccc(C(=O)NNC(=O)c2oc3c(c2C)/C(=N/Nc2ccccc2)CCC3)cc1. The van der Waals surface area contributed by atoms with Crippen LogP contribution in [-0.4, -0.2) is 17.5 Å². The molecule has 0 atom stereocenters. The number of amides is 2. The van der Waals surface area contributed by atoms with Gasteiger partial charge in [0.05, 0.1) is 11.4 Å². The van der Waals surface area contributed by atoms with Crippen molar-refractivity contribution >= 4 is 23.2 Å². The van der Waals surface area contributed by atoms with Crippen molar-refractivity contribution in [1.29, 1.82) is 0 Å². The summed E-state index contributed by atoms with van der Waals surface area (Å²) < 4.78 is 5.86. The highest BCUT2D eigenvalue weighted by molar-refractivity contribution is 6.07. The quantitative estimate of drug-likeness (QED) is 0.558. The zero-order chi connectivity index (χ0) is 21.8. The molecule has 0 radical (unpaired) electrons. The third-order valence-electron chi connectivity index (χ3n) is 5.23. The van der Waals surface area contributed by atoms with Crippen LogP contribution in [0.15, 0.2) is 64.1 Å². The molecule has 7 heteroatoms. The fraction of sp³-hybridized carbons (Fsp3) is 0.208. The van der Waals surface area contributed by atoms with Crippen molar-refractivity contribution in [1.82, 2.24) is 10.9 Å². The van der Waals surface area contributed by atoms with E-state index in [0.717, 1.165) is 47.5 Å². The molecule has 0 bridgehead atoms. The van der Waals surface area contributed by atoms with Gasteiger partial charge in [0.15, 0.2) is 5.76 Å². The van der Waals surface area contributed by atoms with Crippen molar-refractivity contribution in [2.75, 3.05) is 5.43 Å². The van der Waals surface area contributed by atoms with Crippen LogP contribution >= 0.6 is 0 Å². The number of nitrogens with zero attached hydrogens (tertiary/aromatic N) is 1. The highest BCUT2D eigenvalue weighted by Crippen LogP contribution is 2.30. The van der Waals surface area contributed by atoms with Gasteiger partial charge in [-0.3, -0.25) is 25.9 Å². The summed E-state index contributed by atoms with van der Waals surface area (Å²) in [5, 5.41) is 4.55. The molecule has 0 saturated heterocycles. The molecule has 0 unspecified atom stereocenters. The molecule has 31 heavy (non-hydrogen) atoms. The molecule has 1 aromatic heterocycles. The molecule has 1 heterocycles. The summed E-state index contributed by atoms with van der Waals surface area (Å²) in [6.45, 7) is 3.78. The Labute approximate surface area is 180 Å². The van der Waals surface area contributed by atoms with E-state index in [4.69, 9.17) is 4.42 Å². The van der Waals surface area contributed by atoms with Gasteiger partial charge in [-0.25, -0.2) is 0 Å². The van der Waals surface area contributed by atoms with Crippen molar-refractivity contribution in [2.45, 2.75) is 33.1 Å². The molecule has 0 spiro atoms. The Hall–Kier alpha value is -3.87. The molecule has 0 saturated carbocycles. The van der Waals surface area contributed by atoms with Crippen molar-refractivity contribution in [3.63, 3.8) is 0 Å². The number of rotatable bonds is 4. The largest absolute Gasteiger partial charge is 0.455 e. The zero-order valence-electron chi connectivity index (χ0n) is 17.5. The number of hydrogen-bond acceptors (Lipinski definition) is 5. The number of carbonyl (C=O) groups is 2. The molecule has 4 rings (SSSR count). The Kier molecular flexibility index (Phi) is 5.84. The third kappa shape index (κ3) is 4.50. The molecule has 2 aromatic carbocycles. The Morgan fingerprint density at radius 3 is 2.35 bits per heavy atom. The minimum atomic E-state index is -0.497. The summed E-state index contributed by atoms with van der Waals surface area (Å²) in [4.78, 5) is 24.9. The average Bonchev–Trinajstić information content (AvgIpc) is 3.14. The second-order valence-corrected chi connectivity index (χ2v) is 7.52. The van der Waals surface area contributed by atoms with Gasteiger partial charge in [0.1, 0.15) is 5.76 Å². The van der Waals surface area contributed by atoms with Crippen molar-refractivity contribution in [3.8, 4) is 0 Å². The van der Waals surface area contributed by atoms with Crippen LogP contribution in [0.5, 0.6) is 0 Å². The Morgan fingerprint density at radius 1 is 0.903 bits per heavy atom. The predicted molar refractivity (Wildman–Crippen MR) is 119 cm³/mol. The zero-order valence-corrected chi connectivity index (χ0v) is 17.5. The van der Waals surface area contributed by atoms with Gasteiger partial charge in [-0.15, -0.1) is 0 Å². The van der Waals surface area contributed by atoms with Crippen LogP contribution in [0.2, 0.25) is 0 Å². The first-order valence-corrected chi connectivity index (χ1v) is 10.2. The van der Waals surface area contributed by atoms with E-state index in [2.05, 4.69) is 21.4 Å². The van der Waals surface area contributed by atoms with E-state index in [0.29, 0.717) is 11.1 Å². The van der Waals surface area contributed by atoms with Crippen LogP contribution in [0.4, 0.5) is 5.69 Å². The van der Waals surface area contributed by atoms with Crippen LogP contribution in [0.1, 0.15) is 56.2 Å². The molecule has 3 N–H and O–H groups in total. The molecular formula is C24H24N4O3. The number of nitrogens with one attached hydrogen (secondary N) is 3. The fourth-order valence-electron chi connectivity index (χ4n) is 3.59. The molecule has 0 fully saturated rings. The molecular weight excluding hydrogens is 392 g/mol. The van der Waals surface area contributed by atoms with Gasteiger partial charge in [0.25, 0.3) is 5.91 Å². The van der Waals surface area contributed by atoms with Crippen LogP contribution in [0.3, 0.4) is 0 Å². The monoisotopic (exact) mass is 416 g/mol. The van der Waals surface area contributed by atoms with Gasteiger partial charge < -0.3 is 4.42 Å². The van der Waals surface area contributed by atoms with E-state index < -0.39 is 11.8 Å². The molecule has 158 valence electrons. The number of carbonyl (C=O) groups excluding carboxylic acids is 2. The molecule has 0 aliphatic heterocycles. The van der Waals surface area contributed by atoms with Gasteiger partial charge >= 0.3 is 5.91 Å². The highest BCUT2D eigenvalue weighted by Gasteiger charge is 2.28. The van der Waals surface area contributed by atoms with E-state index in [1.54, 1.807) is 12.1 Å². The maximum Gasteiger partial charge on any atom is 0.305 e. The predicted octanol–water partition coefficient (Wildman–Crippen LogP) is 4.12. The molecule has 1 aliphatic rings. The van der Waals surface area contributed by atoms with E-state index >= 15 is 0 Å². The van der Waals surface area contributed by atoms with Gasteiger partial charge in [0.2, 0.25) is 0 Å². The maximum atomic E-state index is 12.7. The highest BCUT2D eigenvalue weighted by atomic mass is 16.4. The number of furan rings is 1. The lowest BCUT2D eigenvalue weighted by Crippen LogP contribution is -2.41. The summed E-state index contributed by atoms with van der Waals surface area (Å²) >= 11 is 0. The number of anilines is 1. The first-order valence-electron chi connectivity index (χ1n) is 10.2. The van der Waals surface area contributed by atoms with Crippen molar-refractivity contribution < 1.29 is 14.0 Å². The molecule has 1 aliphatic carbocycles. The Morgan fingerprint density at radius 2 is 1.61 bits per heavy atom. The molecule has 2 amide bonds. The standard InChI is InChI=1S/C24H24N4O3/c1-15-11-13-17(14-12-15)23(29)27-28-24(30)22-16(2)21-19(9-6-10-20(21)31-22)26-25-18-7-4-3-5-8-18/h3-5,7-8,11-14,25H,6,9-10H2,1-2H3,(H,27,29)(H,28,30)/b26-19+. The van der Waals surface area contributed by atoms with Gasteiger partial charge in [-0.2, -0.15) is 5.10 Å². The fourth-order valence-corrected chi connectivity index (χ4v) is 3.59. The van der Waals surface area contributed by atoms with E-state index in [9.17, 15) is 9.59 Å². The average molecular weight is 416 g/mol. The summed E-state index contributed by atoms with van der Waals surface area (Å²) in [6, 6.07) is 16.8. The summed E-state index contributed by atoms with van der Waals surface area (Å²) in [5.41, 5.74) is 12.8. The van der Waals surface area contributed by atoms with Crippen molar-refractivity contribution in [3.05, 3.63) is 88.4 Å². The topological polar surface area (TPSA) is 95.7 Å². The summed E-state index contributed by atoms with van der Waals surface area (Å²) in [5.74, 6) is 0.0373. The van der Waals surface area contributed by atoms with Crippen LogP contribution in [0, 0.1) is 13.8 Å². The summed E-state index contributed by atoms with van der Waals surface area (Å²) in [6.07, 6.45) is 2.42. The van der Waals surface area contributed by atoms with Gasteiger partial charge in [-0.05, 0) is 51.0 Å². The van der Waals surface area contributed by atoms with Crippen LogP contribution in [-0.2, 0) is 6.42 Å². The summed E-state index contributed by atoms with van der Waals surface area (Å²) in [7, 11) is 0. The first kappa shape index (κ1) is 20.4. The van der Waals surface area contributed by atoms with Gasteiger partial charge in [-0.1, -0.05) is 35.9 Å². The van der Waals surface area contributed by atoms with Crippen molar-refractivity contribution in [2.24, 2.45) is 5.10 Å². The van der Waals surface area contributed by atoms with Crippen LogP contribution < -0.4 is 16.3 Å².